The zero-order valence-corrected chi connectivity index (χ0v) is 11.2. The molecule has 0 aliphatic carbocycles. The van der Waals surface area contributed by atoms with E-state index in [0.29, 0.717) is 28.2 Å². The second-order valence-electron chi connectivity index (χ2n) is 3.36. The van der Waals surface area contributed by atoms with Crippen LogP contribution in [-0.2, 0) is 0 Å². The molecule has 6 nitrogen and oxygen atoms in total. The van der Waals surface area contributed by atoms with E-state index in [1.165, 1.54) is 11.8 Å². The Balaban J connectivity index is 2.40. The van der Waals surface area contributed by atoms with Gasteiger partial charge in [0.05, 0.1) is 26.0 Å². The Bertz CT molecular complexity index is 584. The number of hydrogen-bond donors (Lipinski definition) is 0. The fourth-order valence-corrected chi connectivity index (χ4v) is 1.95. The van der Waals surface area contributed by atoms with Crippen LogP contribution in [0, 0.1) is 11.3 Å². The minimum absolute atomic E-state index is 0.255. The Morgan fingerprint density at radius 1 is 1.26 bits per heavy atom. The van der Waals surface area contributed by atoms with E-state index in [2.05, 4.69) is 10.2 Å². The summed E-state index contributed by atoms with van der Waals surface area (Å²) in [7, 11) is 3.11. The summed E-state index contributed by atoms with van der Waals surface area (Å²) in [6.07, 6.45) is 0. The first-order chi connectivity index (χ1) is 9.30. The van der Waals surface area contributed by atoms with Crippen LogP contribution in [0.15, 0.2) is 27.8 Å². The Hall–Kier alpha value is -2.20. The van der Waals surface area contributed by atoms with Crippen LogP contribution >= 0.6 is 11.8 Å². The quantitative estimate of drug-likeness (QED) is 0.776. The zero-order chi connectivity index (χ0) is 13.7. The predicted molar refractivity (Wildman–Crippen MR) is 69.2 cm³/mol. The average Bonchev–Trinajstić information content (AvgIpc) is 2.92. The molecule has 1 aromatic heterocycles. The minimum Gasteiger partial charge on any atom is -0.496 e. The summed E-state index contributed by atoms with van der Waals surface area (Å²) >= 11 is 1.18. The lowest BCUT2D eigenvalue weighted by atomic mass is 10.2. The molecule has 7 heteroatoms. The average molecular weight is 277 g/mol. The topological polar surface area (TPSA) is 81.2 Å². The SMILES string of the molecule is COc1cccc(OC)c1-c1nnc(SCC#N)o1. The van der Waals surface area contributed by atoms with Gasteiger partial charge in [0.1, 0.15) is 17.1 Å². The van der Waals surface area contributed by atoms with Crippen molar-refractivity contribution in [1.29, 1.82) is 5.26 Å². The van der Waals surface area contributed by atoms with Crippen LogP contribution in [0.25, 0.3) is 11.5 Å². The molecule has 1 aromatic carbocycles. The van der Waals surface area contributed by atoms with Gasteiger partial charge in [-0.2, -0.15) is 5.26 Å². The number of thioether (sulfide) groups is 1. The van der Waals surface area contributed by atoms with E-state index in [-0.39, 0.29) is 5.75 Å². The molecule has 19 heavy (non-hydrogen) atoms. The van der Waals surface area contributed by atoms with Crippen molar-refractivity contribution in [3.05, 3.63) is 18.2 Å². The summed E-state index contributed by atoms with van der Waals surface area (Å²) in [5.74, 6) is 1.72. The first kappa shape index (κ1) is 13.2. The van der Waals surface area contributed by atoms with Crippen LogP contribution in [0.3, 0.4) is 0 Å². The molecular formula is C12H11N3O3S. The molecule has 0 radical (unpaired) electrons. The summed E-state index contributed by atoms with van der Waals surface area (Å²) < 4.78 is 16.0. The number of nitriles is 1. The second-order valence-corrected chi connectivity index (χ2v) is 4.28. The number of benzene rings is 1. The minimum atomic E-state index is 0.255. The van der Waals surface area contributed by atoms with Crippen molar-refractivity contribution in [3.8, 4) is 29.0 Å². The Labute approximate surface area is 114 Å². The summed E-state index contributed by atoms with van der Waals surface area (Å²) in [5.41, 5.74) is 0.601. The summed E-state index contributed by atoms with van der Waals surface area (Å²) in [6.45, 7) is 0. The molecule has 0 atom stereocenters. The van der Waals surface area contributed by atoms with Gasteiger partial charge in [-0.25, -0.2) is 0 Å². The summed E-state index contributed by atoms with van der Waals surface area (Å²) in [6, 6.07) is 7.37. The van der Waals surface area contributed by atoms with Gasteiger partial charge in [-0.05, 0) is 12.1 Å². The highest BCUT2D eigenvalue weighted by Gasteiger charge is 2.18. The van der Waals surface area contributed by atoms with Crippen LogP contribution in [0.1, 0.15) is 0 Å². The van der Waals surface area contributed by atoms with Gasteiger partial charge < -0.3 is 13.9 Å². The van der Waals surface area contributed by atoms with E-state index < -0.39 is 0 Å². The summed E-state index contributed by atoms with van der Waals surface area (Å²) in [4.78, 5) is 0. The van der Waals surface area contributed by atoms with Gasteiger partial charge in [0, 0.05) is 0 Å². The maximum absolute atomic E-state index is 8.52. The lowest BCUT2D eigenvalue weighted by Crippen LogP contribution is -1.92. The van der Waals surface area contributed by atoms with E-state index in [0.717, 1.165) is 0 Å². The van der Waals surface area contributed by atoms with Crippen molar-refractivity contribution in [2.24, 2.45) is 0 Å². The fraction of sp³-hybridized carbons (Fsp3) is 0.250. The van der Waals surface area contributed by atoms with Crippen molar-refractivity contribution >= 4 is 11.8 Å². The number of methoxy groups -OCH3 is 2. The highest BCUT2D eigenvalue weighted by atomic mass is 32.2. The van der Waals surface area contributed by atoms with E-state index in [4.69, 9.17) is 19.2 Å². The molecular weight excluding hydrogens is 266 g/mol. The molecule has 0 saturated heterocycles. The van der Waals surface area contributed by atoms with Gasteiger partial charge in [0.2, 0.25) is 0 Å². The molecule has 0 bridgehead atoms. The summed E-state index contributed by atoms with van der Waals surface area (Å²) in [5, 5.41) is 16.7. The Kier molecular flexibility index (Phi) is 4.26. The number of ether oxygens (including phenoxy) is 2. The molecule has 2 rings (SSSR count). The predicted octanol–water partition coefficient (Wildman–Crippen LogP) is 2.37. The van der Waals surface area contributed by atoms with Crippen LogP contribution in [0.4, 0.5) is 0 Å². The fourth-order valence-electron chi connectivity index (χ4n) is 1.53. The highest BCUT2D eigenvalue weighted by Crippen LogP contribution is 2.38. The molecule has 1 heterocycles. The van der Waals surface area contributed by atoms with Gasteiger partial charge in [-0.1, -0.05) is 17.8 Å². The van der Waals surface area contributed by atoms with Crippen molar-refractivity contribution in [3.63, 3.8) is 0 Å². The van der Waals surface area contributed by atoms with Crippen LogP contribution < -0.4 is 9.47 Å². The Morgan fingerprint density at radius 2 is 1.95 bits per heavy atom. The van der Waals surface area contributed by atoms with Gasteiger partial charge in [0.15, 0.2) is 0 Å². The maximum atomic E-state index is 8.52. The number of hydrogen-bond acceptors (Lipinski definition) is 7. The van der Waals surface area contributed by atoms with Crippen molar-refractivity contribution in [1.82, 2.24) is 10.2 Å². The van der Waals surface area contributed by atoms with Gasteiger partial charge in [-0.3, -0.25) is 0 Å². The molecule has 0 spiro atoms. The molecule has 0 amide bonds. The van der Waals surface area contributed by atoms with E-state index in [9.17, 15) is 0 Å². The third-order valence-electron chi connectivity index (χ3n) is 2.31. The monoisotopic (exact) mass is 277 g/mol. The standard InChI is InChI=1S/C12H11N3O3S/c1-16-8-4-3-5-9(17-2)10(8)11-14-15-12(18-11)19-7-6-13/h3-5H,7H2,1-2H3. The number of aromatic nitrogens is 2. The molecule has 2 aromatic rings. The number of nitrogens with zero attached hydrogens (tertiary/aromatic N) is 3. The van der Waals surface area contributed by atoms with E-state index >= 15 is 0 Å². The third-order valence-corrected chi connectivity index (χ3v) is 2.99. The molecule has 0 fully saturated rings. The van der Waals surface area contributed by atoms with E-state index in [1.807, 2.05) is 12.1 Å². The lowest BCUT2D eigenvalue weighted by Gasteiger charge is -2.09. The smallest absolute Gasteiger partial charge is 0.277 e. The second kappa shape index (κ2) is 6.11. The lowest BCUT2D eigenvalue weighted by molar-refractivity contribution is 0.390. The van der Waals surface area contributed by atoms with Crippen LogP contribution in [0.5, 0.6) is 11.5 Å². The number of rotatable bonds is 5. The van der Waals surface area contributed by atoms with Gasteiger partial charge in [0.25, 0.3) is 11.1 Å². The first-order valence-corrected chi connectivity index (χ1v) is 6.33. The zero-order valence-electron chi connectivity index (χ0n) is 10.4. The van der Waals surface area contributed by atoms with Gasteiger partial charge in [-0.15, -0.1) is 10.2 Å². The largest absolute Gasteiger partial charge is 0.496 e. The maximum Gasteiger partial charge on any atom is 0.277 e. The third kappa shape index (κ3) is 2.80. The molecule has 0 aliphatic heterocycles. The van der Waals surface area contributed by atoms with Crippen molar-refractivity contribution in [2.75, 3.05) is 20.0 Å². The van der Waals surface area contributed by atoms with Crippen molar-refractivity contribution in [2.45, 2.75) is 5.22 Å². The van der Waals surface area contributed by atoms with Crippen molar-refractivity contribution < 1.29 is 13.9 Å². The molecule has 0 N–H and O–H groups in total. The van der Waals surface area contributed by atoms with Crippen LogP contribution in [0.2, 0.25) is 0 Å². The normalized spacial score (nSPS) is 9.95. The molecule has 0 unspecified atom stereocenters. The Morgan fingerprint density at radius 3 is 2.53 bits per heavy atom. The molecule has 0 saturated carbocycles. The first-order valence-electron chi connectivity index (χ1n) is 5.34. The highest BCUT2D eigenvalue weighted by molar-refractivity contribution is 7.99. The van der Waals surface area contributed by atoms with E-state index in [1.54, 1.807) is 26.4 Å². The van der Waals surface area contributed by atoms with Crippen LogP contribution in [-0.4, -0.2) is 30.2 Å². The van der Waals surface area contributed by atoms with Gasteiger partial charge >= 0.3 is 0 Å². The molecule has 0 aliphatic rings. The molecule has 98 valence electrons.